The standard InChI is InChI=1S/C16H23N3O4/c1-4-12-9-22-16(21)19(12)13-5-7-18(8-6-13)15(20)14-10(2)17-23-11(14)3/h12-13H,4-9H2,1-3H3. The van der Waals surface area contributed by atoms with Crippen LogP contribution in [0.15, 0.2) is 4.52 Å². The highest BCUT2D eigenvalue weighted by molar-refractivity contribution is 5.96. The summed E-state index contributed by atoms with van der Waals surface area (Å²) in [7, 11) is 0. The summed E-state index contributed by atoms with van der Waals surface area (Å²) in [6, 6.07) is 0.320. The van der Waals surface area contributed by atoms with Crippen molar-refractivity contribution in [2.24, 2.45) is 0 Å². The van der Waals surface area contributed by atoms with Gasteiger partial charge in [0.25, 0.3) is 5.91 Å². The van der Waals surface area contributed by atoms with Crippen LogP contribution in [-0.4, -0.2) is 58.7 Å². The van der Waals surface area contributed by atoms with Gasteiger partial charge in [-0.05, 0) is 33.1 Å². The molecule has 2 aliphatic heterocycles. The van der Waals surface area contributed by atoms with E-state index in [-0.39, 0.29) is 24.1 Å². The molecule has 1 aromatic heterocycles. The molecule has 3 rings (SSSR count). The van der Waals surface area contributed by atoms with Crippen molar-refractivity contribution in [1.82, 2.24) is 15.0 Å². The lowest BCUT2D eigenvalue weighted by Crippen LogP contribution is -2.49. The van der Waals surface area contributed by atoms with Crippen molar-refractivity contribution in [1.29, 1.82) is 0 Å². The number of hydrogen-bond acceptors (Lipinski definition) is 5. The largest absolute Gasteiger partial charge is 0.447 e. The minimum absolute atomic E-state index is 0.0317. The van der Waals surface area contributed by atoms with Gasteiger partial charge in [0.15, 0.2) is 0 Å². The van der Waals surface area contributed by atoms with Crippen LogP contribution in [0.4, 0.5) is 4.79 Å². The maximum atomic E-state index is 12.6. The Kier molecular flexibility index (Phi) is 4.28. The van der Waals surface area contributed by atoms with E-state index in [0.29, 0.717) is 36.7 Å². The molecular formula is C16H23N3O4. The molecule has 0 N–H and O–H groups in total. The van der Waals surface area contributed by atoms with Crippen LogP contribution in [0.1, 0.15) is 48.0 Å². The minimum Gasteiger partial charge on any atom is -0.447 e. The van der Waals surface area contributed by atoms with Crippen molar-refractivity contribution in [2.45, 2.75) is 52.1 Å². The maximum Gasteiger partial charge on any atom is 0.410 e. The summed E-state index contributed by atoms with van der Waals surface area (Å²) < 4.78 is 10.3. The van der Waals surface area contributed by atoms with E-state index in [4.69, 9.17) is 9.26 Å². The number of piperidine rings is 1. The molecule has 0 aromatic carbocycles. The summed E-state index contributed by atoms with van der Waals surface area (Å²) in [4.78, 5) is 28.3. The van der Waals surface area contributed by atoms with Crippen LogP contribution in [-0.2, 0) is 4.74 Å². The lowest BCUT2D eigenvalue weighted by atomic mass is 10.0. The Hall–Kier alpha value is -2.05. The van der Waals surface area contributed by atoms with Crippen molar-refractivity contribution >= 4 is 12.0 Å². The number of cyclic esters (lactones) is 1. The van der Waals surface area contributed by atoms with Gasteiger partial charge in [0.1, 0.15) is 17.9 Å². The van der Waals surface area contributed by atoms with Crippen LogP contribution in [0.5, 0.6) is 0 Å². The van der Waals surface area contributed by atoms with Gasteiger partial charge in [-0.1, -0.05) is 12.1 Å². The van der Waals surface area contributed by atoms with Gasteiger partial charge in [0.2, 0.25) is 0 Å². The number of hydrogen-bond donors (Lipinski definition) is 0. The number of carbonyl (C=O) groups excluding carboxylic acids is 2. The zero-order valence-electron chi connectivity index (χ0n) is 13.9. The first kappa shape index (κ1) is 15.8. The smallest absolute Gasteiger partial charge is 0.410 e. The summed E-state index contributed by atoms with van der Waals surface area (Å²) in [5.74, 6) is 0.527. The van der Waals surface area contributed by atoms with Gasteiger partial charge in [-0.15, -0.1) is 0 Å². The topological polar surface area (TPSA) is 75.9 Å². The van der Waals surface area contributed by atoms with Gasteiger partial charge < -0.3 is 14.2 Å². The van der Waals surface area contributed by atoms with Crippen LogP contribution in [0.25, 0.3) is 0 Å². The van der Waals surface area contributed by atoms with Gasteiger partial charge in [-0.2, -0.15) is 0 Å². The third-order valence-electron chi connectivity index (χ3n) is 4.87. The zero-order chi connectivity index (χ0) is 16.6. The molecule has 0 spiro atoms. The molecular weight excluding hydrogens is 298 g/mol. The van der Waals surface area contributed by atoms with Crippen LogP contribution < -0.4 is 0 Å². The molecule has 7 heteroatoms. The lowest BCUT2D eigenvalue weighted by molar-refractivity contribution is 0.0633. The van der Waals surface area contributed by atoms with E-state index in [1.807, 2.05) is 9.80 Å². The number of aromatic nitrogens is 1. The Labute approximate surface area is 135 Å². The Morgan fingerprint density at radius 3 is 2.57 bits per heavy atom. The first-order chi connectivity index (χ1) is 11.0. The third kappa shape index (κ3) is 2.80. The quantitative estimate of drug-likeness (QED) is 0.852. The lowest BCUT2D eigenvalue weighted by Gasteiger charge is -2.37. The van der Waals surface area contributed by atoms with Gasteiger partial charge in [-0.25, -0.2) is 4.79 Å². The second kappa shape index (κ2) is 6.22. The van der Waals surface area contributed by atoms with Gasteiger partial charge in [0, 0.05) is 19.1 Å². The van der Waals surface area contributed by atoms with Crippen LogP contribution >= 0.6 is 0 Å². The average Bonchev–Trinajstić information content (AvgIpc) is 3.09. The molecule has 0 radical (unpaired) electrons. The molecule has 0 bridgehead atoms. The van der Waals surface area contributed by atoms with Crippen LogP contribution in [0.3, 0.4) is 0 Å². The number of nitrogens with zero attached hydrogens (tertiary/aromatic N) is 3. The molecule has 1 unspecified atom stereocenters. The number of amides is 2. The van der Waals surface area contributed by atoms with Crippen LogP contribution in [0, 0.1) is 13.8 Å². The number of aryl methyl sites for hydroxylation is 2. The van der Waals surface area contributed by atoms with E-state index in [1.54, 1.807) is 13.8 Å². The second-order valence-corrected chi connectivity index (χ2v) is 6.27. The van der Waals surface area contributed by atoms with E-state index in [1.165, 1.54) is 0 Å². The van der Waals surface area contributed by atoms with Crippen LogP contribution in [0.2, 0.25) is 0 Å². The van der Waals surface area contributed by atoms with Crippen molar-refractivity contribution in [3.8, 4) is 0 Å². The fraction of sp³-hybridized carbons (Fsp3) is 0.688. The number of rotatable bonds is 3. The van der Waals surface area contributed by atoms with Gasteiger partial charge in [0.05, 0.1) is 11.7 Å². The summed E-state index contributed by atoms with van der Waals surface area (Å²) in [5, 5.41) is 3.85. The average molecular weight is 321 g/mol. The van der Waals surface area contributed by atoms with E-state index in [0.717, 1.165) is 19.3 Å². The van der Waals surface area contributed by atoms with Gasteiger partial charge >= 0.3 is 6.09 Å². The Bertz CT molecular complexity index is 585. The summed E-state index contributed by atoms with van der Waals surface area (Å²) >= 11 is 0. The molecule has 23 heavy (non-hydrogen) atoms. The normalized spacial score (nSPS) is 22.6. The molecule has 0 saturated carbocycles. The Morgan fingerprint density at radius 2 is 2.00 bits per heavy atom. The highest BCUT2D eigenvalue weighted by Gasteiger charge is 2.39. The Morgan fingerprint density at radius 1 is 1.30 bits per heavy atom. The minimum atomic E-state index is -0.215. The number of likely N-dealkylation sites (tertiary alicyclic amines) is 1. The summed E-state index contributed by atoms with van der Waals surface area (Å²) in [6.07, 6.45) is 2.23. The van der Waals surface area contributed by atoms with E-state index >= 15 is 0 Å². The fourth-order valence-electron chi connectivity index (χ4n) is 3.53. The molecule has 7 nitrogen and oxygen atoms in total. The van der Waals surface area contributed by atoms with E-state index < -0.39 is 0 Å². The highest BCUT2D eigenvalue weighted by atomic mass is 16.6. The molecule has 1 aromatic rings. The molecule has 2 fully saturated rings. The zero-order valence-corrected chi connectivity index (χ0v) is 13.9. The van der Waals surface area contributed by atoms with Crippen molar-refractivity contribution in [3.05, 3.63) is 17.0 Å². The van der Waals surface area contributed by atoms with E-state index in [9.17, 15) is 9.59 Å². The third-order valence-corrected chi connectivity index (χ3v) is 4.87. The molecule has 2 aliphatic rings. The first-order valence-corrected chi connectivity index (χ1v) is 8.20. The monoisotopic (exact) mass is 321 g/mol. The molecule has 3 heterocycles. The second-order valence-electron chi connectivity index (χ2n) is 6.27. The fourth-order valence-corrected chi connectivity index (χ4v) is 3.53. The summed E-state index contributed by atoms with van der Waals surface area (Å²) in [6.45, 7) is 7.35. The molecule has 1 atom stereocenters. The molecule has 0 aliphatic carbocycles. The number of carbonyl (C=O) groups is 2. The molecule has 2 saturated heterocycles. The molecule has 126 valence electrons. The van der Waals surface area contributed by atoms with E-state index in [2.05, 4.69) is 12.1 Å². The Balaban J connectivity index is 1.65. The summed E-state index contributed by atoms with van der Waals surface area (Å²) in [5.41, 5.74) is 1.19. The predicted molar refractivity (Wildman–Crippen MR) is 82.2 cm³/mol. The maximum absolute atomic E-state index is 12.6. The van der Waals surface area contributed by atoms with Crippen molar-refractivity contribution in [3.63, 3.8) is 0 Å². The molecule has 2 amide bonds. The SMILES string of the molecule is CCC1COC(=O)N1C1CCN(C(=O)c2c(C)noc2C)CC1. The van der Waals surface area contributed by atoms with Crippen molar-refractivity contribution in [2.75, 3.05) is 19.7 Å². The number of ether oxygens (including phenoxy) is 1. The predicted octanol–water partition coefficient (Wildman–Crippen LogP) is 2.13. The van der Waals surface area contributed by atoms with Gasteiger partial charge in [-0.3, -0.25) is 9.69 Å². The highest BCUT2D eigenvalue weighted by Crippen LogP contribution is 2.26. The first-order valence-electron chi connectivity index (χ1n) is 8.20. The van der Waals surface area contributed by atoms with Crippen molar-refractivity contribution < 1.29 is 18.8 Å².